The molecule has 0 amide bonds. The van der Waals surface area contributed by atoms with E-state index < -0.39 is 0 Å². The van der Waals surface area contributed by atoms with Crippen molar-refractivity contribution in [3.63, 3.8) is 0 Å². The normalized spacial score (nSPS) is 12.7. The number of benzene rings is 1. The second-order valence-corrected chi connectivity index (χ2v) is 6.12. The van der Waals surface area contributed by atoms with Crippen molar-refractivity contribution < 1.29 is 0 Å². The highest BCUT2D eigenvalue weighted by Gasteiger charge is 2.16. The molecule has 0 saturated carbocycles. The molecule has 3 aromatic rings. The lowest BCUT2D eigenvalue weighted by Gasteiger charge is -2.18. The van der Waals surface area contributed by atoms with Crippen molar-refractivity contribution in [3.8, 4) is 0 Å². The van der Waals surface area contributed by atoms with Gasteiger partial charge in [-0.15, -0.1) is 11.3 Å². The van der Waals surface area contributed by atoms with Gasteiger partial charge in [-0.3, -0.25) is 16.3 Å². The van der Waals surface area contributed by atoms with Crippen LogP contribution in [0.25, 0.3) is 10.9 Å². The molecule has 21 heavy (non-hydrogen) atoms. The van der Waals surface area contributed by atoms with Crippen molar-refractivity contribution in [2.45, 2.75) is 26.3 Å². The van der Waals surface area contributed by atoms with Crippen LogP contribution in [0.15, 0.2) is 35.7 Å². The fourth-order valence-electron chi connectivity index (χ4n) is 2.56. The minimum Gasteiger partial charge on any atom is -0.271 e. The van der Waals surface area contributed by atoms with Crippen LogP contribution in [0, 0.1) is 13.8 Å². The SMILES string of the molecule is Cc1csc(CC(NN)c2cc(C)nc3ccccc23)n1. The Hall–Kier alpha value is -1.82. The Bertz CT molecular complexity index is 766. The van der Waals surface area contributed by atoms with Crippen LogP contribution in [0.4, 0.5) is 0 Å². The van der Waals surface area contributed by atoms with Gasteiger partial charge >= 0.3 is 0 Å². The monoisotopic (exact) mass is 298 g/mol. The van der Waals surface area contributed by atoms with Crippen LogP contribution in [0.5, 0.6) is 0 Å². The number of hydrazine groups is 1. The number of nitrogens with one attached hydrogen (secondary N) is 1. The molecule has 0 spiro atoms. The van der Waals surface area contributed by atoms with Gasteiger partial charge in [0.25, 0.3) is 0 Å². The molecule has 3 rings (SSSR count). The molecule has 2 aromatic heterocycles. The molecule has 0 fully saturated rings. The van der Waals surface area contributed by atoms with Crippen LogP contribution < -0.4 is 11.3 Å². The summed E-state index contributed by atoms with van der Waals surface area (Å²) in [7, 11) is 0. The fourth-order valence-corrected chi connectivity index (χ4v) is 3.38. The number of aromatic nitrogens is 2. The summed E-state index contributed by atoms with van der Waals surface area (Å²) in [5.74, 6) is 5.81. The summed E-state index contributed by atoms with van der Waals surface area (Å²) >= 11 is 1.68. The highest BCUT2D eigenvalue weighted by atomic mass is 32.1. The van der Waals surface area contributed by atoms with Crippen LogP contribution in [0.3, 0.4) is 0 Å². The van der Waals surface area contributed by atoms with E-state index in [0.29, 0.717) is 0 Å². The Kier molecular flexibility index (Phi) is 3.96. The van der Waals surface area contributed by atoms with Gasteiger partial charge in [0.05, 0.1) is 16.6 Å². The van der Waals surface area contributed by atoms with Crippen LogP contribution in [-0.4, -0.2) is 9.97 Å². The molecule has 0 aliphatic heterocycles. The number of pyridine rings is 1. The Morgan fingerprint density at radius 1 is 1.19 bits per heavy atom. The maximum absolute atomic E-state index is 5.81. The molecule has 3 N–H and O–H groups in total. The standard InChI is InChI=1S/C16H18N4S/c1-10-7-13(12-5-3-4-6-14(12)18-10)15(20-17)8-16-19-11(2)9-21-16/h3-7,9,15,20H,8,17H2,1-2H3. The van der Waals surface area contributed by atoms with E-state index in [2.05, 4.69) is 32.9 Å². The van der Waals surface area contributed by atoms with E-state index in [4.69, 9.17) is 5.84 Å². The van der Waals surface area contributed by atoms with Gasteiger partial charge in [0, 0.05) is 28.6 Å². The molecule has 0 radical (unpaired) electrons. The molecule has 1 unspecified atom stereocenters. The van der Waals surface area contributed by atoms with E-state index in [1.807, 2.05) is 32.0 Å². The fraction of sp³-hybridized carbons (Fsp3) is 0.250. The number of fused-ring (bicyclic) bond motifs is 1. The summed E-state index contributed by atoms with van der Waals surface area (Å²) in [6.07, 6.45) is 0.780. The molecule has 0 saturated heterocycles. The second-order valence-electron chi connectivity index (χ2n) is 5.18. The maximum Gasteiger partial charge on any atom is 0.0947 e. The number of thiazole rings is 1. The van der Waals surface area contributed by atoms with E-state index in [9.17, 15) is 0 Å². The molecule has 0 aliphatic carbocycles. The largest absolute Gasteiger partial charge is 0.271 e. The highest BCUT2D eigenvalue weighted by Crippen LogP contribution is 2.27. The third kappa shape index (κ3) is 2.95. The minimum absolute atomic E-state index is 0.0298. The van der Waals surface area contributed by atoms with Crippen molar-refractivity contribution >= 4 is 22.2 Å². The number of rotatable bonds is 4. The van der Waals surface area contributed by atoms with E-state index >= 15 is 0 Å². The number of nitrogens with two attached hydrogens (primary N) is 1. The third-order valence-electron chi connectivity index (χ3n) is 3.50. The molecule has 1 aromatic carbocycles. The molecule has 4 nitrogen and oxygen atoms in total. The minimum atomic E-state index is 0.0298. The van der Waals surface area contributed by atoms with Gasteiger partial charge in [0.2, 0.25) is 0 Å². The average molecular weight is 298 g/mol. The van der Waals surface area contributed by atoms with Crippen LogP contribution in [0.2, 0.25) is 0 Å². The average Bonchev–Trinajstić information content (AvgIpc) is 2.89. The zero-order valence-corrected chi connectivity index (χ0v) is 12.9. The van der Waals surface area contributed by atoms with E-state index in [0.717, 1.165) is 33.7 Å². The predicted octanol–water partition coefficient (Wildman–Crippen LogP) is 3.06. The van der Waals surface area contributed by atoms with Crippen molar-refractivity contribution in [1.82, 2.24) is 15.4 Å². The number of aryl methyl sites for hydroxylation is 2. The first-order chi connectivity index (χ1) is 10.2. The number of nitrogens with zero attached hydrogens (tertiary/aromatic N) is 2. The van der Waals surface area contributed by atoms with Gasteiger partial charge in [0.15, 0.2) is 0 Å². The van der Waals surface area contributed by atoms with Crippen LogP contribution >= 0.6 is 11.3 Å². The van der Waals surface area contributed by atoms with Gasteiger partial charge in [-0.05, 0) is 31.5 Å². The summed E-state index contributed by atoms with van der Waals surface area (Å²) in [5, 5.41) is 4.30. The van der Waals surface area contributed by atoms with Gasteiger partial charge in [-0.25, -0.2) is 4.98 Å². The number of para-hydroxylation sites is 1. The van der Waals surface area contributed by atoms with Crippen molar-refractivity contribution in [2.24, 2.45) is 5.84 Å². The third-order valence-corrected chi connectivity index (χ3v) is 4.49. The van der Waals surface area contributed by atoms with E-state index in [1.165, 1.54) is 5.56 Å². The Balaban J connectivity index is 2.04. The Morgan fingerprint density at radius 2 is 2.00 bits per heavy atom. The van der Waals surface area contributed by atoms with E-state index in [-0.39, 0.29) is 6.04 Å². The number of hydrogen-bond acceptors (Lipinski definition) is 5. The summed E-state index contributed by atoms with van der Waals surface area (Å²) < 4.78 is 0. The first-order valence-electron chi connectivity index (χ1n) is 6.91. The summed E-state index contributed by atoms with van der Waals surface area (Å²) in [4.78, 5) is 9.12. The zero-order valence-electron chi connectivity index (χ0n) is 12.1. The lowest BCUT2D eigenvalue weighted by Crippen LogP contribution is -2.30. The lowest BCUT2D eigenvalue weighted by molar-refractivity contribution is 0.553. The second kappa shape index (κ2) is 5.89. The predicted molar refractivity (Wildman–Crippen MR) is 87.1 cm³/mol. The van der Waals surface area contributed by atoms with E-state index in [1.54, 1.807) is 11.3 Å². The molecule has 108 valence electrons. The van der Waals surface area contributed by atoms with Crippen molar-refractivity contribution in [2.75, 3.05) is 0 Å². The van der Waals surface area contributed by atoms with Crippen molar-refractivity contribution in [1.29, 1.82) is 0 Å². The maximum atomic E-state index is 5.81. The summed E-state index contributed by atoms with van der Waals surface area (Å²) in [5.41, 5.74) is 7.17. The Morgan fingerprint density at radius 3 is 2.71 bits per heavy atom. The van der Waals surface area contributed by atoms with Gasteiger partial charge in [0.1, 0.15) is 0 Å². The van der Waals surface area contributed by atoms with Gasteiger partial charge in [-0.1, -0.05) is 18.2 Å². The molecule has 1 atom stereocenters. The van der Waals surface area contributed by atoms with Gasteiger partial charge in [-0.2, -0.15) is 0 Å². The molecule has 0 aliphatic rings. The highest BCUT2D eigenvalue weighted by molar-refractivity contribution is 7.09. The lowest BCUT2D eigenvalue weighted by atomic mass is 9.99. The quantitative estimate of drug-likeness (QED) is 0.574. The van der Waals surface area contributed by atoms with Crippen LogP contribution in [-0.2, 0) is 6.42 Å². The molecule has 0 bridgehead atoms. The molecular weight excluding hydrogens is 280 g/mol. The van der Waals surface area contributed by atoms with Crippen LogP contribution in [0.1, 0.15) is 28.0 Å². The zero-order chi connectivity index (χ0) is 14.8. The number of hydrogen-bond donors (Lipinski definition) is 2. The smallest absolute Gasteiger partial charge is 0.0947 e. The first kappa shape index (κ1) is 14.1. The van der Waals surface area contributed by atoms with Crippen molar-refractivity contribution in [3.05, 3.63) is 57.7 Å². The summed E-state index contributed by atoms with van der Waals surface area (Å²) in [6.45, 7) is 4.02. The topological polar surface area (TPSA) is 63.8 Å². The molecular formula is C16H18N4S. The van der Waals surface area contributed by atoms with Gasteiger partial charge < -0.3 is 0 Å². The molecule has 5 heteroatoms. The Labute approximate surface area is 128 Å². The molecule has 2 heterocycles. The first-order valence-corrected chi connectivity index (χ1v) is 7.79. The summed E-state index contributed by atoms with van der Waals surface area (Å²) in [6, 6.07) is 10.3.